The summed E-state index contributed by atoms with van der Waals surface area (Å²) in [5.74, 6) is 0. The Bertz CT molecular complexity index is 419. The van der Waals surface area contributed by atoms with Gasteiger partial charge in [0.15, 0.2) is 0 Å². The topological polar surface area (TPSA) is 55.8 Å². The van der Waals surface area contributed by atoms with Crippen molar-refractivity contribution in [2.45, 2.75) is 6.92 Å². The molecule has 0 saturated carbocycles. The second-order valence-electron chi connectivity index (χ2n) is 4.47. The summed E-state index contributed by atoms with van der Waals surface area (Å²) < 4.78 is 0. The Kier molecular flexibility index (Phi) is 4.97. The lowest BCUT2D eigenvalue weighted by molar-refractivity contribution is 0.202. The van der Waals surface area contributed by atoms with Gasteiger partial charge in [-0.25, -0.2) is 4.79 Å². The molecular formula is C13H21N3O2. The van der Waals surface area contributed by atoms with Crippen LogP contribution in [0, 0.1) is 6.92 Å². The Hall–Kier alpha value is -1.75. The SMILES string of the molecule is Cc1cc(NC(=O)N(C)CCO)ccc1N(C)C. The fourth-order valence-corrected chi connectivity index (χ4v) is 1.71. The third-order valence-corrected chi connectivity index (χ3v) is 2.71. The molecule has 0 radical (unpaired) electrons. The van der Waals surface area contributed by atoms with E-state index in [0.717, 1.165) is 16.9 Å². The summed E-state index contributed by atoms with van der Waals surface area (Å²) in [5, 5.41) is 11.6. The van der Waals surface area contributed by atoms with Gasteiger partial charge in [-0.2, -0.15) is 0 Å². The monoisotopic (exact) mass is 251 g/mol. The third kappa shape index (κ3) is 3.63. The van der Waals surface area contributed by atoms with Gasteiger partial charge in [0, 0.05) is 39.1 Å². The minimum atomic E-state index is -0.221. The van der Waals surface area contributed by atoms with E-state index in [1.54, 1.807) is 7.05 Å². The van der Waals surface area contributed by atoms with Crippen LogP contribution < -0.4 is 10.2 Å². The van der Waals surface area contributed by atoms with Gasteiger partial charge < -0.3 is 20.2 Å². The van der Waals surface area contributed by atoms with Crippen LogP contribution in [0.5, 0.6) is 0 Å². The first-order chi connectivity index (χ1) is 8.45. The molecule has 0 unspecified atom stereocenters. The Morgan fingerprint density at radius 2 is 2.00 bits per heavy atom. The highest BCUT2D eigenvalue weighted by Gasteiger charge is 2.09. The molecule has 0 saturated heterocycles. The average Bonchev–Trinajstić information content (AvgIpc) is 2.28. The smallest absolute Gasteiger partial charge is 0.321 e. The number of likely N-dealkylation sites (N-methyl/N-ethyl adjacent to an activating group) is 1. The Morgan fingerprint density at radius 3 is 2.50 bits per heavy atom. The maximum atomic E-state index is 11.7. The largest absolute Gasteiger partial charge is 0.395 e. The highest BCUT2D eigenvalue weighted by molar-refractivity contribution is 5.89. The summed E-state index contributed by atoms with van der Waals surface area (Å²) in [6.07, 6.45) is 0. The number of rotatable bonds is 4. The number of amides is 2. The molecule has 5 heteroatoms. The van der Waals surface area contributed by atoms with E-state index in [0.29, 0.717) is 6.54 Å². The van der Waals surface area contributed by atoms with Crippen molar-refractivity contribution in [3.63, 3.8) is 0 Å². The number of aryl methyl sites for hydroxylation is 1. The maximum Gasteiger partial charge on any atom is 0.321 e. The third-order valence-electron chi connectivity index (χ3n) is 2.71. The molecule has 0 heterocycles. The molecule has 18 heavy (non-hydrogen) atoms. The predicted molar refractivity (Wildman–Crippen MR) is 74.2 cm³/mol. The first-order valence-electron chi connectivity index (χ1n) is 5.86. The molecule has 2 N–H and O–H groups in total. The van der Waals surface area contributed by atoms with Crippen molar-refractivity contribution in [3.8, 4) is 0 Å². The molecule has 1 rings (SSSR count). The van der Waals surface area contributed by atoms with Crippen LogP contribution in [-0.2, 0) is 0 Å². The van der Waals surface area contributed by atoms with E-state index in [2.05, 4.69) is 5.32 Å². The van der Waals surface area contributed by atoms with Gasteiger partial charge in [-0.1, -0.05) is 0 Å². The zero-order valence-electron chi connectivity index (χ0n) is 11.4. The number of carbonyl (C=O) groups excluding carboxylic acids is 1. The minimum absolute atomic E-state index is 0.0392. The number of anilines is 2. The lowest BCUT2D eigenvalue weighted by Gasteiger charge is -2.19. The van der Waals surface area contributed by atoms with Gasteiger partial charge >= 0.3 is 6.03 Å². The van der Waals surface area contributed by atoms with Gasteiger partial charge in [0.25, 0.3) is 0 Å². The summed E-state index contributed by atoms with van der Waals surface area (Å²) in [7, 11) is 5.61. The van der Waals surface area contributed by atoms with Crippen LogP contribution in [0.2, 0.25) is 0 Å². The van der Waals surface area contributed by atoms with Crippen molar-refractivity contribution < 1.29 is 9.90 Å². The minimum Gasteiger partial charge on any atom is -0.395 e. The quantitative estimate of drug-likeness (QED) is 0.853. The molecular weight excluding hydrogens is 230 g/mol. The van der Waals surface area contributed by atoms with Gasteiger partial charge in [0.2, 0.25) is 0 Å². The fourth-order valence-electron chi connectivity index (χ4n) is 1.71. The number of aliphatic hydroxyl groups excluding tert-OH is 1. The number of hydrogen-bond donors (Lipinski definition) is 2. The van der Waals surface area contributed by atoms with Crippen LogP contribution in [0.4, 0.5) is 16.2 Å². The molecule has 0 fully saturated rings. The lowest BCUT2D eigenvalue weighted by atomic mass is 10.1. The Labute approximate surface area is 108 Å². The van der Waals surface area contributed by atoms with E-state index in [1.165, 1.54) is 4.90 Å². The van der Waals surface area contributed by atoms with E-state index in [9.17, 15) is 4.79 Å². The standard InChI is InChI=1S/C13H21N3O2/c1-10-9-11(5-6-12(10)15(2)3)14-13(18)16(4)7-8-17/h5-6,9,17H,7-8H2,1-4H3,(H,14,18). The highest BCUT2D eigenvalue weighted by Crippen LogP contribution is 2.21. The van der Waals surface area contributed by atoms with Crippen molar-refractivity contribution in [1.82, 2.24) is 4.90 Å². The van der Waals surface area contributed by atoms with Gasteiger partial charge in [0.05, 0.1) is 6.61 Å². The van der Waals surface area contributed by atoms with E-state index < -0.39 is 0 Å². The summed E-state index contributed by atoms with van der Waals surface area (Å²) in [6.45, 7) is 2.28. The Morgan fingerprint density at radius 1 is 1.33 bits per heavy atom. The van der Waals surface area contributed by atoms with Crippen LogP contribution in [0.15, 0.2) is 18.2 Å². The summed E-state index contributed by atoms with van der Waals surface area (Å²) >= 11 is 0. The highest BCUT2D eigenvalue weighted by atomic mass is 16.3. The second kappa shape index (κ2) is 6.26. The summed E-state index contributed by atoms with van der Waals surface area (Å²) in [6, 6.07) is 5.55. The number of carbonyl (C=O) groups is 1. The number of nitrogens with zero attached hydrogens (tertiary/aromatic N) is 2. The molecule has 0 aliphatic heterocycles. The van der Waals surface area contributed by atoms with E-state index in [1.807, 2.05) is 44.1 Å². The first kappa shape index (κ1) is 14.3. The number of benzene rings is 1. The second-order valence-corrected chi connectivity index (χ2v) is 4.47. The molecule has 1 aromatic rings. The van der Waals surface area contributed by atoms with Gasteiger partial charge in [-0.05, 0) is 30.7 Å². The van der Waals surface area contributed by atoms with Crippen LogP contribution in [0.1, 0.15) is 5.56 Å². The van der Waals surface area contributed by atoms with Crippen molar-refractivity contribution in [1.29, 1.82) is 0 Å². The van der Waals surface area contributed by atoms with Gasteiger partial charge in [-0.15, -0.1) is 0 Å². The molecule has 1 aromatic carbocycles. The fraction of sp³-hybridized carbons (Fsp3) is 0.462. The number of urea groups is 1. The molecule has 0 atom stereocenters. The maximum absolute atomic E-state index is 11.7. The Balaban J connectivity index is 2.74. The molecule has 0 spiro atoms. The molecule has 0 aliphatic carbocycles. The number of nitrogens with one attached hydrogen (secondary N) is 1. The molecule has 0 aliphatic rings. The van der Waals surface area contributed by atoms with E-state index >= 15 is 0 Å². The van der Waals surface area contributed by atoms with Gasteiger partial charge in [-0.3, -0.25) is 0 Å². The van der Waals surface area contributed by atoms with Crippen LogP contribution in [0.3, 0.4) is 0 Å². The molecule has 100 valence electrons. The van der Waals surface area contributed by atoms with E-state index in [4.69, 9.17) is 5.11 Å². The zero-order valence-corrected chi connectivity index (χ0v) is 11.4. The van der Waals surface area contributed by atoms with Crippen LogP contribution in [0.25, 0.3) is 0 Å². The van der Waals surface area contributed by atoms with Crippen LogP contribution in [-0.4, -0.2) is 50.3 Å². The van der Waals surface area contributed by atoms with E-state index in [-0.39, 0.29) is 12.6 Å². The zero-order chi connectivity index (χ0) is 13.7. The van der Waals surface area contributed by atoms with Crippen molar-refractivity contribution >= 4 is 17.4 Å². The molecule has 0 aromatic heterocycles. The van der Waals surface area contributed by atoms with Crippen molar-refractivity contribution in [2.75, 3.05) is 44.5 Å². The number of hydrogen-bond acceptors (Lipinski definition) is 3. The lowest BCUT2D eigenvalue weighted by Crippen LogP contribution is -2.33. The summed E-state index contributed by atoms with van der Waals surface area (Å²) in [4.78, 5) is 15.2. The number of aliphatic hydroxyl groups is 1. The first-order valence-corrected chi connectivity index (χ1v) is 5.86. The normalized spacial score (nSPS) is 10.1. The average molecular weight is 251 g/mol. The summed E-state index contributed by atoms with van der Waals surface area (Å²) in [5.41, 5.74) is 2.98. The van der Waals surface area contributed by atoms with Gasteiger partial charge in [0.1, 0.15) is 0 Å². The molecule has 0 bridgehead atoms. The van der Waals surface area contributed by atoms with Crippen LogP contribution >= 0.6 is 0 Å². The predicted octanol–water partition coefficient (Wildman–Crippen LogP) is 1.52. The van der Waals surface area contributed by atoms with Crippen molar-refractivity contribution in [2.24, 2.45) is 0 Å². The van der Waals surface area contributed by atoms with Crippen molar-refractivity contribution in [3.05, 3.63) is 23.8 Å². The molecule has 2 amide bonds. The molecule has 5 nitrogen and oxygen atoms in total.